The van der Waals surface area contributed by atoms with E-state index < -0.39 is 5.60 Å². The molecular weight excluding hydrogens is 330 g/mol. The van der Waals surface area contributed by atoms with Gasteiger partial charge < -0.3 is 14.9 Å². The number of anilines is 1. The number of hydrogen-bond donors (Lipinski definition) is 1. The van der Waals surface area contributed by atoms with E-state index in [2.05, 4.69) is 31.9 Å². The van der Waals surface area contributed by atoms with Gasteiger partial charge in [0.05, 0.1) is 17.7 Å². The number of fused-ring (bicyclic) bond motifs is 1. The second kappa shape index (κ2) is 6.81. The molecule has 138 valence electrons. The summed E-state index contributed by atoms with van der Waals surface area (Å²) in [6.45, 7) is 6.97. The molecule has 1 unspecified atom stereocenters. The van der Waals surface area contributed by atoms with Crippen molar-refractivity contribution in [2.45, 2.75) is 18.9 Å². The van der Waals surface area contributed by atoms with Crippen molar-refractivity contribution in [2.24, 2.45) is 0 Å². The number of rotatable bonds is 3. The summed E-state index contributed by atoms with van der Waals surface area (Å²) in [7, 11) is 0. The van der Waals surface area contributed by atoms with Crippen LogP contribution in [0, 0.1) is 0 Å². The maximum Gasteiger partial charge on any atom is 0.219 e. The average Bonchev–Trinajstić information content (AvgIpc) is 3.04. The van der Waals surface area contributed by atoms with Crippen LogP contribution in [0.15, 0.2) is 30.7 Å². The van der Waals surface area contributed by atoms with Gasteiger partial charge >= 0.3 is 0 Å². The Labute approximate surface area is 153 Å². The average molecular weight is 355 g/mol. The maximum atomic E-state index is 11.5. The number of β-amino-alcohol motifs (C(OH)–C–C–N with tert-alkyl or cyclic N) is 1. The Balaban J connectivity index is 1.36. The van der Waals surface area contributed by atoms with Crippen molar-refractivity contribution < 1.29 is 9.90 Å². The predicted octanol–water partition coefficient (Wildman–Crippen LogP) is 0.735. The Bertz CT molecular complexity index is 805. The molecule has 2 aliphatic rings. The van der Waals surface area contributed by atoms with Gasteiger partial charge in [-0.25, -0.2) is 9.97 Å². The topological polar surface area (TPSA) is 72.8 Å². The van der Waals surface area contributed by atoms with Crippen LogP contribution in [0.25, 0.3) is 10.9 Å². The number of piperazine rings is 1. The number of hydrogen-bond acceptors (Lipinski definition) is 6. The van der Waals surface area contributed by atoms with Gasteiger partial charge in [-0.3, -0.25) is 9.69 Å². The fraction of sp³-hybridized carbons (Fsp3) is 0.526. The van der Waals surface area contributed by atoms with Gasteiger partial charge in [-0.15, -0.1) is 0 Å². The van der Waals surface area contributed by atoms with Crippen molar-refractivity contribution in [1.29, 1.82) is 0 Å². The van der Waals surface area contributed by atoms with Gasteiger partial charge in [0, 0.05) is 63.5 Å². The van der Waals surface area contributed by atoms with Gasteiger partial charge in [0.1, 0.15) is 6.33 Å². The number of carbonyl (C=O) groups excluding carboxylic acids is 1. The summed E-state index contributed by atoms with van der Waals surface area (Å²) in [4.78, 5) is 26.3. The van der Waals surface area contributed by atoms with E-state index >= 15 is 0 Å². The lowest BCUT2D eigenvalue weighted by atomic mass is 10.0. The second-order valence-electron chi connectivity index (χ2n) is 7.44. The fourth-order valence-electron chi connectivity index (χ4n) is 4.00. The quantitative estimate of drug-likeness (QED) is 0.875. The summed E-state index contributed by atoms with van der Waals surface area (Å²) < 4.78 is 0. The number of carbonyl (C=O) groups is 1. The summed E-state index contributed by atoms with van der Waals surface area (Å²) in [5.74, 6) is 0.0472. The third-order valence-corrected chi connectivity index (χ3v) is 5.52. The molecule has 7 heteroatoms. The highest BCUT2D eigenvalue weighted by Crippen LogP contribution is 2.25. The number of aliphatic hydroxyl groups is 1. The highest BCUT2D eigenvalue weighted by Gasteiger charge is 2.39. The third-order valence-electron chi connectivity index (χ3n) is 5.52. The summed E-state index contributed by atoms with van der Waals surface area (Å²) in [5, 5.41) is 11.9. The molecule has 1 aromatic carbocycles. The Morgan fingerprint density at radius 2 is 2.04 bits per heavy atom. The molecule has 1 atom stereocenters. The largest absolute Gasteiger partial charge is 0.387 e. The first-order chi connectivity index (χ1) is 12.5. The van der Waals surface area contributed by atoms with Crippen LogP contribution >= 0.6 is 0 Å². The zero-order chi connectivity index (χ0) is 18.1. The minimum atomic E-state index is -0.770. The molecule has 4 rings (SSSR count). The molecule has 3 heterocycles. The number of aromatic nitrogens is 2. The minimum absolute atomic E-state index is 0.0472. The van der Waals surface area contributed by atoms with Gasteiger partial charge in [0.25, 0.3) is 0 Å². The van der Waals surface area contributed by atoms with E-state index in [0.29, 0.717) is 26.1 Å². The lowest BCUT2D eigenvalue weighted by Crippen LogP contribution is -2.53. The number of amides is 1. The lowest BCUT2D eigenvalue weighted by Gasteiger charge is -2.39. The molecule has 1 N–H and O–H groups in total. The van der Waals surface area contributed by atoms with Crippen molar-refractivity contribution >= 4 is 22.5 Å². The summed E-state index contributed by atoms with van der Waals surface area (Å²) in [6.07, 6.45) is 4.08. The standard InChI is InChI=1S/C19H25N5O2/c1-15(25)24-5-4-19(26,13-24)12-22-6-8-23(9-7-22)17-2-3-18-16(10-17)11-20-14-21-18/h2-3,10-11,14,26H,4-9,12-13H2,1H3. The molecule has 0 bridgehead atoms. The molecule has 26 heavy (non-hydrogen) atoms. The van der Waals surface area contributed by atoms with Crippen LogP contribution in [0.5, 0.6) is 0 Å². The third kappa shape index (κ3) is 3.50. The molecular formula is C19H25N5O2. The molecule has 2 saturated heterocycles. The number of benzene rings is 1. The van der Waals surface area contributed by atoms with Crippen LogP contribution in [0.3, 0.4) is 0 Å². The predicted molar refractivity (Wildman–Crippen MR) is 100 cm³/mol. The minimum Gasteiger partial charge on any atom is -0.387 e. The molecule has 0 saturated carbocycles. The summed E-state index contributed by atoms with van der Waals surface area (Å²) in [5.41, 5.74) is 1.38. The van der Waals surface area contributed by atoms with Crippen LogP contribution in [0.1, 0.15) is 13.3 Å². The van der Waals surface area contributed by atoms with Crippen LogP contribution in [-0.2, 0) is 4.79 Å². The monoisotopic (exact) mass is 355 g/mol. The summed E-state index contributed by atoms with van der Waals surface area (Å²) >= 11 is 0. The zero-order valence-corrected chi connectivity index (χ0v) is 15.1. The molecule has 1 aromatic heterocycles. The number of nitrogens with zero attached hydrogens (tertiary/aromatic N) is 5. The second-order valence-corrected chi connectivity index (χ2v) is 7.44. The van der Waals surface area contributed by atoms with E-state index in [1.165, 1.54) is 5.69 Å². The van der Waals surface area contributed by atoms with E-state index in [0.717, 1.165) is 37.1 Å². The lowest BCUT2D eigenvalue weighted by molar-refractivity contribution is -0.128. The molecule has 2 fully saturated rings. The Kier molecular flexibility index (Phi) is 4.50. The molecule has 2 aromatic rings. The molecule has 1 amide bonds. The summed E-state index contributed by atoms with van der Waals surface area (Å²) in [6, 6.07) is 6.29. The van der Waals surface area contributed by atoms with E-state index in [1.54, 1.807) is 18.2 Å². The van der Waals surface area contributed by atoms with Gasteiger partial charge in [0.2, 0.25) is 5.91 Å². The fourth-order valence-corrected chi connectivity index (χ4v) is 4.00. The van der Waals surface area contributed by atoms with Gasteiger partial charge in [-0.05, 0) is 24.6 Å². The molecule has 0 radical (unpaired) electrons. The molecule has 0 spiro atoms. The van der Waals surface area contributed by atoms with E-state index in [9.17, 15) is 9.90 Å². The van der Waals surface area contributed by atoms with Crippen LogP contribution in [0.2, 0.25) is 0 Å². The van der Waals surface area contributed by atoms with Crippen LogP contribution in [0.4, 0.5) is 5.69 Å². The normalized spacial score (nSPS) is 24.4. The van der Waals surface area contributed by atoms with Crippen molar-refractivity contribution in [3.05, 3.63) is 30.7 Å². The van der Waals surface area contributed by atoms with Crippen molar-refractivity contribution in [2.75, 3.05) is 50.7 Å². The Morgan fingerprint density at radius 3 is 2.77 bits per heavy atom. The van der Waals surface area contributed by atoms with Crippen molar-refractivity contribution in [1.82, 2.24) is 19.8 Å². The highest BCUT2D eigenvalue weighted by molar-refractivity contribution is 5.81. The van der Waals surface area contributed by atoms with Crippen molar-refractivity contribution in [3.8, 4) is 0 Å². The van der Waals surface area contributed by atoms with Crippen LogP contribution < -0.4 is 4.90 Å². The van der Waals surface area contributed by atoms with E-state index in [-0.39, 0.29) is 5.91 Å². The van der Waals surface area contributed by atoms with Crippen LogP contribution in [-0.4, -0.2) is 82.2 Å². The van der Waals surface area contributed by atoms with Crippen molar-refractivity contribution in [3.63, 3.8) is 0 Å². The first-order valence-corrected chi connectivity index (χ1v) is 9.17. The zero-order valence-electron chi connectivity index (χ0n) is 15.1. The number of likely N-dealkylation sites (tertiary alicyclic amines) is 1. The Morgan fingerprint density at radius 1 is 1.23 bits per heavy atom. The molecule has 7 nitrogen and oxygen atoms in total. The van der Waals surface area contributed by atoms with Gasteiger partial charge in [-0.1, -0.05) is 0 Å². The molecule has 0 aliphatic carbocycles. The smallest absolute Gasteiger partial charge is 0.219 e. The van der Waals surface area contributed by atoms with Gasteiger partial charge in [0.15, 0.2) is 0 Å². The van der Waals surface area contributed by atoms with Gasteiger partial charge in [-0.2, -0.15) is 0 Å². The SMILES string of the molecule is CC(=O)N1CCC(O)(CN2CCN(c3ccc4ncncc4c3)CC2)C1. The Hall–Kier alpha value is -2.25. The van der Waals surface area contributed by atoms with E-state index in [1.807, 2.05) is 12.3 Å². The first-order valence-electron chi connectivity index (χ1n) is 9.17. The van der Waals surface area contributed by atoms with E-state index in [4.69, 9.17) is 0 Å². The maximum absolute atomic E-state index is 11.5. The first kappa shape index (κ1) is 17.2. The molecule has 2 aliphatic heterocycles. The highest BCUT2D eigenvalue weighted by atomic mass is 16.3.